The van der Waals surface area contributed by atoms with Crippen molar-refractivity contribution < 1.29 is 17.2 Å². The summed E-state index contributed by atoms with van der Waals surface area (Å²) in [4.78, 5) is -0.718. The van der Waals surface area contributed by atoms with Crippen molar-refractivity contribution in [3.63, 3.8) is 0 Å². The fraction of sp³-hybridized carbons (Fsp3) is 0.333. The van der Waals surface area contributed by atoms with Crippen LogP contribution in [0.15, 0.2) is 23.1 Å². The van der Waals surface area contributed by atoms with Crippen LogP contribution in [-0.2, 0) is 10.0 Å². The van der Waals surface area contributed by atoms with Crippen LogP contribution in [-0.4, -0.2) is 20.3 Å². The molecule has 0 saturated carbocycles. The molecule has 0 aliphatic carbocycles. The van der Waals surface area contributed by atoms with E-state index in [2.05, 4.69) is 4.72 Å². The summed E-state index contributed by atoms with van der Waals surface area (Å²) in [5.41, 5.74) is 0. The quantitative estimate of drug-likeness (QED) is 0.848. The van der Waals surface area contributed by atoms with Gasteiger partial charge < -0.3 is 0 Å². The SMILES string of the molecule is CC(Cl)CNS(=O)(=O)c1cc(F)ccc1F. The summed E-state index contributed by atoms with van der Waals surface area (Å²) in [6.45, 7) is 1.52. The third-order valence-electron chi connectivity index (χ3n) is 1.74. The van der Waals surface area contributed by atoms with E-state index in [4.69, 9.17) is 11.6 Å². The first kappa shape index (κ1) is 13.3. The number of hydrogen-bond donors (Lipinski definition) is 1. The van der Waals surface area contributed by atoms with E-state index in [1.807, 2.05) is 0 Å². The van der Waals surface area contributed by atoms with Gasteiger partial charge in [-0.05, 0) is 25.1 Å². The third-order valence-corrected chi connectivity index (χ3v) is 3.33. The van der Waals surface area contributed by atoms with Gasteiger partial charge in [0, 0.05) is 11.9 Å². The molecule has 1 rings (SSSR count). The summed E-state index contributed by atoms with van der Waals surface area (Å²) in [6.07, 6.45) is 0. The van der Waals surface area contributed by atoms with Crippen LogP contribution < -0.4 is 4.72 Å². The number of nitrogens with one attached hydrogen (secondary N) is 1. The van der Waals surface area contributed by atoms with E-state index in [9.17, 15) is 17.2 Å². The fourth-order valence-corrected chi connectivity index (χ4v) is 2.37. The Morgan fingerprint density at radius 2 is 2.06 bits per heavy atom. The summed E-state index contributed by atoms with van der Waals surface area (Å²) in [5.74, 6) is -1.82. The van der Waals surface area contributed by atoms with Crippen LogP contribution in [0.5, 0.6) is 0 Å². The largest absolute Gasteiger partial charge is 0.243 e. The van der Waals surface area contributed by atoms with Gasteiger partial charge in [-0.1, -0.05) is 0 Å². The number of sulfonamides is 1. The Kier molecular flexibility index (Phi) is 4.23. The molecular weight excluding hydrogens is 260 g/mol. The predicted molar refractivity (Wildman–Crippen MR) is 56.9 cm³/mol. The zero-order valence-electron chi connectivity index (χ0n) is 8.38. The summed E-state index contributed by atoms with van der Waals surface area (Å²) in [7, 11) is -4.06. The summed E-state index contributed by atoms with van der Waals surface area (Å²) in [5, 5.41) is -0.439. The highest BCUT2D eigenvalue weighted by Crippen LogP contribution is 2.15. The van der Waals surface area contributed by atoms with E-state index in [0.29, 0.717) is 6.07 Å². The lowest BCUT2D eigenvalue weighted by Crippen LogP contribution is -2.29. The molecule has 1 N–H and O–H groups in total. The number of hydrogen-bond acceptors (Lipinski definition) is 2. The van der Waals surface area contributed by atoms with Crippen molar-refractivity contribution in [2.75, 3.05) is 6.54 Å². The molecule has 0 aliphatic heterocycles. The second-order valence-electron chi connectivity index (χ2n) is 3.21. The van der Waals surface area contributed by atoms with Crippen molar-refractivity contribution in [3.05, 3.63) is 29.8 Å². The molecule has 1 aromatic carbocycles. The fourth-order valence-electron chi connectivity index (χ4n) is 0.985. The Morgan fingerprint density at radius 1 is 1.44 bits per heavy atom. The summed E-state index contributed by atoms with van der Waals surface area (Å²) >= 11 is 5.55. The molecule has 1 atom stereocenters. The van der Waals surface area contributed by atoms with Crippen molar-refractivity contribution in [3.8, 4) is 0 Å². The second kappa shape index (κ2) is 5.07. The molecule has 7 heteroatoms. The summed E-state index contributed by atoms with van der Waals surface area (Å²) in [6, 6.07) is 2.23. The normalized spacial score (nSPS) is 13.8. The molecule has 1 unspecified atom stereocenters. The number of halogens is 3. The van der Waals surface area contributed by atoms with Crippen molar-refractivity contribution in [1.29, 1.82) is 0 Å². The van der Waals surface area contributed by atoms with Crippen molar-refractivity contribution in [2.24, 2.45) is 0 Å². The van der Waals surface area contributed by atoms with E-state index in [0.717, 1.165) is 12.1 Å². The standard InChI is InChI=1S/C9H10ClF2NO2S/c1-6(10)5-13-16(14,15)9-4-7(11)2-3-8(9)12/h2-4,6,13H,5H2,1H3. The lowest BCUT2D eigenvalue weighted by molar-refractivity contribution is 0.545. The van der Waals surface area contributed by atoms with Crippen LogP contribution in [0.25, 0.3) is 0 Å². The average molecular weight is 270 g/mol. The summed E-state index contributed by atoms with van der Waals surface area (Å²) < 4.78 is 51.1. The maximum atomic E-state index is 13.2. The van der Waals surface area contributed by atoms with Gasteiger partial charge in [0.1, 0.15) is 16.5 Å². The van der Waals surface area contributed by atoms with Crippen LogP contribution in [0.2, 0.25) is 0 Å². The lowest BCUT2D eigenvalue weighted by Gasteiger charge is -2.08. The van der Waals surface area contributed by atoms with Crippen LogP contribution in [0.3, 0.4) is 0 Å². The molecule has 0 spiro atoms. The maximum absolute atomic E-state index is 13.2. The molecular formula is C9H10ClF2NO2S. The van der Waals surface area contributed by atoms with Crippen LogP contribution in [0, 0.1) is 11.6 Å². The van der Waals surface area contributed by atoms with Gasteiger partial charge in [0.05, 0.1) is 0 Å². The van der Waals surface area contributed by atoms with E-state index < -0.39 is 31.9 Å². The van der Waals surface area contributed by atoms with Crippen molar-refractivity contribution >= 4 is 21.6 Å². The molecule has 0 aromatic heterocycles. The van der Waals surface area contributed by atoms with E-state index in [-0.39, 0.29) is 6.54 Å². The van der Waals surface area contributed by atoms with E-state index in [1.165, 1.54) is 0 Å². The Hall–Kier alpha value is -0.720. The van der Waals surface area contributed by atoms with Gasteiger partial charge in [0.2, 0.25) is 10.0 Å². The van der Waals surface area contributed by atoms with Crippen LogP contribution in [0.4, 0.5) is 8.78 Å². The number of alkyl halides is 1. The lowest BCUT2D eigenvalue weighted by atomic mass is 10.3. The highest BCUT2D eigenvalue weighted by Gasteiger charge is 2.19. The first-order valence-electron chi connectivity index (χ1n) is 4.41. The molecule has 0 bridgehead atoms. The van der Waals surface area contributed by atoms with Gasteiger partial charge in [-0.3, -0.25) is 0 Å². The highest BCUT2D eigenvalue weighted by molar-refractivity contribution is 7.89. The van der Waals surface area contributed by atoms with Gasteiger partial charge in [-0.25, -0.2) is 21.9 Å². The molecule has 90 valence electrons. The number of rotatable bonds is 4. The molecule has 0 fully saturated rings. The van der Waals surface area contributed by atoms with Crippen LogP contribution >= 0.6 is 11.6 Å². The topological polar surface area (TPSA) is 46.2 Å². The molecule has 0 amide bonds. The van der Waals surface area contributed by atoms with Gasteiger partial charge >= 0.3 is 0 Å². The van der Waals surface area contributed by atoms with Crippen molar-refractivity contribution in [1.82, 2.24) is 4.72 Å². The molecule has 16 heavy (non-hydrogen) atoms. The minimum Gasteiger partial charge on any atom is -0.210 e. The molecule has 0 heterocycles. The first-order chi connectivity index (χ1) is 7.33. The second-order valence-corrected chi connectivity index (χ2v) is 5.69. The monoisotopic (exact) mass is 269 g/mol. The highest BCUT2D eigenvalue weighted by atomic mass is 35.5. The minimum absolute atomic E-state index is 0.0557. The van der Waals surface area contributed by atoms with Gasteiger partial charge in [-0.15, -0.1) is 11.6 Å². The average Bonchev–Trinajstić information content (AvgIpc) is 2.19. The van der Waals surface area contributed by atoms with Gasteiger partial charge in [0.15, 0.2) is 0 Å². The minimum atomic E-state index is -4.06. The molecule has 0 aliphatic rings. The smallest absolute Gasteiger partial charge is 0.210 e. The van der Waals surface area contributed by atoms with Crippen LogP contribution in [0.1, 0.15) is 6.92 Å². The first-order valence-corrected chi connectivity index (χ1v) is 6.33. The zero-order valence-corrected chi connectivity index (χ0v) is 9.95. The predicted octanol–water partition coefficient (Wildman–Crippen LogP) is 1.87. The van der Waals surface area contributed by atoms with E-state index in [1.54, 1.807) is 6.92 Å². The molecule has 1 aromatic rings. The Bertz CT molecular complexity index is 476. The van der Waals surface area contributed by atoms with Crippen molar-refractivity contribution in [2.45, 2.75) is 17.2 Å². The maximum Gasteiger partial charge on any atom is 0.243 e. The Balaban J connectivity index is 3.02. The van der Waals surface area contributed by atoms with Gasteiger partial charge in [-0.2, -0.15) is 0 Å². The Morgan fingerprint density at radius 3 is 2.62 bits per heavy atom. The third kappa shape index (κ3) is 3.40. The molecule has 0 saturated heterocycles. The van der Waals surface area contributed by atoms with Gasteiger partial charge in [0.25, 0.3) is 0 Å². The molecule has 3 nitrogen and oxygen atoms in total. The molecule has 0 radical (unpaired) electrons. The zero-order chi connectivity index (χ0) is 12.3. The Labute approximate surface area is 97.5 Å². The van der Waals surface area contributed by atoms with E-state index >= 15 is 0 Å². The number of benzene rings is 1.